The van der Waals surface area contributed by atoms with Gasteiger partial charge in [0.1, 0.15) is 12.4 Å². The van der Waals surface area contributed by atoms with Crippen LogP contribution in [-0.2, 0) is 16.0 Å². The lowest BCUT2D eigenvalue weighted by atomic mass is 9.94. The van der Waals surface area contributed by atoms with Gasteiger partial charge in [0.2, 0.25) is 11.8 Å². The average Bonchev–Trinajstić information content (AvgIpc) is 3.63. The van der Waals surface area contributed by atoms with E-state index < -0.39 is 6.04 Å². The summed E-state index contributed by atoms with van der Waals surface area (Å²) in [6.45, 7) is 3.97. The maximum Gasteiger partial charge on any atom is 0.248 e. The van der Waals surface area contributed by atoms with E-state index in [2.05, 4.69) is 20.8 Å². The number of carbonyl (C=O) groups is 2. The van der Waals surface area contributed by atoms with E-state index in [9.17, 15) is 9.59 Å². The molecular formula is C29H32N6O2S. The van der Waals surface area contributed by atoms with E-state index in [1.165, 1.54) is 12.7 Å². The number of thiophene rings is 1. The first kappa shape index (κ1) is 25.8. The van der Waals surface area contributed by atoms with Crippen molar-refractivity contribution < 1.29 is 9.59 Å². The van der Waals surface area contributed by atoms with Crippen LogP contribution < -0.4 is 10.2 Å². The summed E-state index contributed by atoms with van der Waals surface area (Å²) in [5.41, 5.74) is 4.23. The maximum atomic E-state index is 14.0. The van der Waals surface area contributed by atoms with Gasteiger partial charge in [-0.05, 0) is 77.9 Å². The van der Waals surface area contributed by atoms with Gasteiger partial charge in [-0.2, -0.15) is 0 Å². The molecule has 1 saturated carbocycles. The summed E-state index contributed by atoms with van der Waals surface area (Å²) in [4.78, 5) is 30.7. The number of aromatic nitrogens is 4. The summed E-state index contributed by atoms with van der Waals surface area (Å²) in [5, 5.41) is 16.7. The first-order chi connectivity index (χ1) is 18.5. The van der Waals surface area contributed by atoms with Crippen LogP contribution in [0, 0.1) is 13.8 Å². The van der Waals surface area contributed by atoms with Gasteiger partial charge in [0, 0.05) is 16.6 Å². The number of aryl methyl sites for hydroxylation is 2. The molecule has 1 atom stereocenters. The van der Waals surface area contributed by atoms with Crippen molar-refractivity contribution in [3.8, 4) is 5.69 Å². The van der Waals surface area contributed by atoms with Gasteiger partial charge in [-0.25, -0.2) is 4.68 Å². The van der Waals surface area contributed by atoms with Crippen molar-refractivity contribution in [3.05, 3.63) is 87.9 Å². The van der Waals surface area contributed by atoms with Crippen molar-refractivity contribution in [3.63, 3.8) is 0 Å². The summed E-state index contributed by atoms with van der Waals surface area (Å²) in [7, 11) is 0. The fraction of sp³-hybridized carbons (Fsp3) is 0.345. The van der Waals surface area contributed by atoms with Crippen molar-refractivity contribution in [1.29, 1.82) is 0 Å². The standard InChI is InChI=1S/C29H32N6O2S/c1-20-10-12-22(13-11-20)28(29(37)31-23-7-4-3-5-8-23)35(27(36)18-25-9-6-16-38-25)24-14-15-26(21(2)17-24)34-19-30-32-33-34/h6,9-17,19,23,28H,3-5,7-8,18H2,1-2H3,(H,31,37)/t28-/m0/s1. The Morgan fingerprint density at radius 3 is 2.53 bits per heavy atom. The van der Waals surface area contributed by atoms with Crippen LogP contribution in [0.3, 0.4) is 0 Å². The number of benzene rings is 2. The lowest BCUT2D eigenvalue weighted by Crippen LogP contribution is -2.47. The van der Waals surface area contributed by atoms with Crippen molar-refractivity contribution in [2.24, 2.45) is 0 Å². The van der Waals surface area contributed by atoms with E-state index in [0.717, 1.165) is 52.9 Å². The van der Waals surface area contributed by atoms with Gasteiger partial charge in [-0.1, -0.05) is 55.2 Å². The van der Waals surface area contributed by atoms with E-state index in [0.29, 0.717) is 5.69 Å². The minimum absolute atomic E-state index is 0.127. The number of anilines is 1. The Morgan fingerprint density at radius 2 is 1.87 bits per heavy atom. The van der Waals surface area contributed by atoms with Crippen LogP contribution in [-0.4, -0.2) is 38.1 Å². The molecule has 4 aromatic rings. The summed E-state index contributed by atoms with van der Waals surface area (Å²) >= 11 is 1.54. The molecule has 5 rings (SSSR count). The zero-order valence-corrected chi connectivity index (χ0v) is 22.5. The summed E-state index contributed by atoms with van der Waals surface area (Å²) < 4.78 is 1.59. The van der Waals surface area contributed by atoms with E-state index >= 15 is 0 Å². The minimum Gasteiger partial charge on any atom is -0.351 e. The van der Waals surface area contributed by atoms with E-state index in [4.69, 9.17) is 0 Å². The molecule has 0 bridgehead atoms. The predicted molar refractivity (Wildman–Crippen MR) is 148 cm³/mol. The topological polar surface area (TPSA) is 93.0 Å². The molecule has 1 aliphatic carbocycles. The molecule has 1 fully saturated rings. The Kier molecular flexibility index (Phi) is 7.93. The molecule has 2 aromatic carbocycles. The van der Waals surface area contributed by atoms with Crippen molar-refractivity contribution in [2.45, 2.75) is 64.5 Å². The van der Waals surface area contributed by atoms with E-state index in [1.807, 2.05) is 73.8 Å². The highest BCUT2D eigenvalue weighted by Gasteiger charge is 2.34. The second-order valence-corrected chi connectivity index (χ2v) is 10.9. The molecule has 0 unspecified atom stereocenters. The van der Waals surface area contributed by atoms with Gasteiger partial charge < -0.3 is 5.32 Å². The molecule has 1 N–H and O–H groups in total. The molecule has 2 aromatic heterocycles. The zero-order chi connectivity index (χ0) is 26.5. The Balaban J connectivity index is 1.57. The van der Waals surface area contributed by atoms with E-state index in [1.54, 1.807) is 20.9 Å². The molecule has 0 radical (unpaired) electrons. The molecule has 9 heteroatoms. The fourth-order valence-corrected chi connectivity index (χ4v) is 5.79. The van der Waals surface area contributed by atoms with Crippen LogP contribution >= 0.6 is 11.3 Å². The number of nitrogens with zero attached hydrogens (tertiary/aromatic N) is 5. The number of tetrazole rings is 1. The van der Waals surface area contributed by atoms with Gasteiger partial charge >= 0.3 is 0 Å². The minimum atomic E-state index is -0.803. The summed E-state index contributed by atoms with van der Waals surface area (Å²) in [6, 6.07) is 16.8. The Labute approximate surface area is 226 Å². The van der Waals surface area contributed by atoms with Gasteiger partial charge in [0.25, 0.3) is 0 Å². The smallest absolute Gasteiger partial charge is 0.248 e. The average molecular weight is 529 g/mol. The maximum absolute atomic E-state index is 14.0. The number of hydrogen-bond donors (Lipinski definition) is 1. The molecule has 8 nitrogen and oxygen atoms in total. The van der Waals surface area contributed by atoms with Crippen LogP contribution in [0.25, 0.3) is 5.69 Å². The third kappa shape index (κ3) is 5.83. The predicted octanol–water partition coefficient (Wildman–Crippen LogP) is 5.11. The second kappa shape index (κ2) is 11.7. The monoisotopic (exact) mass is 528 g/mol. The first-order valence-electron chi connectivity index (χ1n) is 13.0. The quantitative estimate of drug-likeness (QED) is 0.343. The SMILES string of the molecule is Cc1ccc([C@@H](C(=O)NC2CCCCC2)N(C(=O)Cc2cccs2)c2ccc(-n3cnnn3)c(C)c2)cc1. The summed E-state index contributed by atoms with van der Waals surface area (Å²) in [6.07, 6.45) is 7.10. The van der Waals surface area contributed by atoms with Gasteiger partial charge in [-0.3, -0.25) is 14.5 Å². The van der Waals surface area contributed by atoms with E-state index in [-0.39, 0.29) is 24.3 Å². The van der Waals surface area contributed by atoms with Crippen molar-refractivity contribution in [2.75, 3.05) is 4.90 Å². The van der Waals surface area contributed by atoms with Crippen LogP contribution in [0.5, 0.6) is 0 Å². The van der Waals surface area contributed by atoms with Crippen LogP contribution in [0.2, 0.25) is 0 Å². The number of rotatable bonds is 8. The molecule has 0 saturated heterocycles. The molecule has 38 heavy (non-hydrogen) atoms. The lowest BCUT2D eigenvalue weighted by molar-refractivity contribution is -0.127. The molecular weight excluding hydrogens is 496 g/mol. The van der Waals surface area contributed by atoms with Crippen molar-refractivity contribution in [1.82, 2.24) is 25.5 Å². The first-order valence-corrected chi connectivity index (χ1v) is 13.9. The number of carbonyl (C=O) groups excluding carboxylic acids is 2. The Hall–Kier alpha value is -3.85. The molecule has 2 heterocycles. The van der Waals surface area contributed by atoms with Gasteiger partial charge in [0.15, 0.2) is 0 Å². The lowest BCUT2D eigenvalue weighted by Gasteiger charge is -2.34. The Morgan fingerprint density at radius 1 is 1.08 bits per heavy atom. The third-order valence-electron chi connectivity index (χ3n) is 7.08. The molecule has 196 valence electrons. The van der Waals surface area contributed by atoms with Gasteiger partial charge in [0.05, 0.1) is 12.1 Å². The van der Waals surface area contributed by atoms with Crippen LogP contribution in [0.15, 0.2) is 66.3 Å². The highest BCUT2D eigenvalue weighted by Crippen LogP contribution is 2.32. The number of hydrogen-bond acceptors (Lipinski definition) is 6. The molecule has 2 amide bonds. The number of amides is 2. The number of nitrogens with one attached hydrogen (secondary N) is 1. The molecule has 1 aliphatic rings. The van der Waals surface area contributed by atoms with Crippen molar-refractivity contribution >= 4 is 28.8 Å². The fourth-order valence-electron chi connectivity index (χ4n) is 5.10. The molecule has 0 aliphatic heterocycles. The highest BCUT2D eigenvalue weighted by molar-refractivity contribution is 7.10. The molecule has 0 spiro atoms. The summed E-state index contributed by atoms with van der Waals surface area (Å²) in [5.74, 6) is -0.283. The largest absolute Gasteiger partial charge is 0.351 e. The van der Waals surface area contributed by atoms with Gasteiger partial charge in [-0.15, -0.1) is 16.4 Å². The Bertz CT molecular complexity index is 1360. The third-order valence-corrected chi connectivity index (χ3v) is 7.96. The highest BCUT2D eigenvalue weighted by atomic mass is 32.1. The normalized spacial score (nSPS) is 14.7. The van der Waals surface area contributed by atoms with Crippen LogP contribution in [0.1, 0.15) is 59.7 Å². The second-order valence-electron chi connectivity index (χ2n) is 9.90. The van der Waals surface area contributed by atoms with Crippen LogP contribution in [0.4, 0.5) is 5.69 Å². The zero-order valence-electron chi connectivity index (χ0n) is 21.7.